The van der Waals surface area contributed by atoms with Crippen LogP contribution in [0.3, 0.4) is 0 Å². The van der Waals surface area contributed by atoms with Crippen molar-refractivity contribution >= 4 is 22.6 Å². The lowest BCUT2D eigenvalue weighted by Gasteiger charge is -2.21. The van der Waals surface area contributed by atoms with Gasteiger partial charge in [-0.25, -0.2) is 9.78 Å². The van der Waals surface area contributed by atoms with Crippen LogP contribution in [0, 0.1) is 6.92 Å². The van der Waals surface area contributed by atoms with Crippen LogP contribution < -0.4 is 11.1 Å². The van der Waals surface area contributed by atoms with Crippen LogP contribution in [0.15, 0.2) is 24.3 Å². The molecule has 1 heterocycles. The molecule has 2 unspecified atom stereocenters. The zero-order chi connectivity index (χ0) is 20.2. The summed E-state index contributed by atoms with van der Waals surface area (Å²) in [6.07, 6.45) is -2.42. The number of benzene rings is 1. The van der Waals surface area contributed by atoms with Crippen molar-refractivity contribution in [3.05, 3.63) is 34.7 Å². The van der Waals surface area contributed by atoms with Gasteiger partial charge in [-0.3, -0.25) is 0 Å². The van der Waals surface area contributed by atoms with Gasteiger partial charge in [0.25, 0.3) is 0 Å². The van der Waals surface area contributed by atoms with Crippen molar-refractivity contribution in [3.63, 3.8) is 0 Å². The lowest BCUT2D eigenvalue weighted by atomic mass is 10.00. The van der Waals surface area contributed by atoms with Crippen molar-refractivity contribution < 1.29 is 19.7 Å². The Morgan fingerprint density at radius 3 is 2.44 bits per heavy atom. The van der Waals surface area contributed by atoms with Crippen LogP contribution in [0.25, 0.3) is 11.3 Å². The van der Waals surface area contributed by atoms with Crippen molar-refractivity contribution in [2.45, 2.75) is 51.9 Å². The predicted octanol–water partition coefficient (Wildman–Crippen LogP) is 3.01. The average molecular weight is 394 g/mol. The molecule has 0 bridgehead atoms. The minimum atomic E-state index is -1.05. The normalized spacial score (nSPS) is 13.9. The molecule has 0 spiro atoms. The Morgan fingerprint density at radius 1 is 1.30 bits per heavy atom. The molecule has 2 rings (SSSR count). The number of aliphatic hydroxyl groups is 2. The fourth-order valence-electron chi connectivity index (χ4n) is 2.54. The molecule has 0 fully saturated rings. The number of aromatic nitrogens is 1. The zero-order valence-corrected chi connectivity index (χ0v) is 16.8. The molecule has 27 heavy (non-hydrogen) atoms. The number of carbonyl (C=O) groups excluding carboxylic acids is 1. The SMILES string of the molecule is Cc1sc(N)nc1-c1ccc(C(O)C(O)CCNC(=O)OC(C)(C)C)cc1. The summed E-state index contributed by atoms with van der Waals surface area (Å²) in [6.45, 7) is 7.47. The molecule has 148 valence electrons. The summed E-state index contributed by atoms with van der Waals surface area (Å²) in [4.78, 5) is 16.9. The van der Waals surface area contributed by atoms with Crippen LogP contribution in [0.5, 0.6) is 0 Å². The molecule has 0 radical (unpaired) electrons. The quantitative estimate of drug-likeness (QED) is 0.599. The number of aryl methyl sites for hydroxylation is 1. The first kappa shape index (κ1) is 21.1. The van der Waals surface area contributed by atoms with Gasteiger partial charge in [0.15, 0.2) is 5.13 Å². The third-order valence-electron chi connectivity index (χ3n) is 3.81. The Labute approximate surface area is 163 Å². The Hall–Kier alpha value is -2.16. The van der Waals surface area contributed by atoms with Gasteiger partial charge < -0.3 is 26.0 Å². The average Bonchev–Trinajstić information content (AvgIpc) is 2.91. The third-order valence-corrected chi connectivity index (χ3v) is 4.61. The molecule has 1 amide bonds. The number of hydrogen-bond acceptors (Lipinski definition) is 7. The van der Waals surface area contributed by atoms with E-state index in [4.69, 9.17) is 10.5 Å². The maximum atomic E-state index is 11.6. The van der Waals surface area contributed by atoms with E-state index in [1.807, 2.05) is 19.1 Å². The summed E-state index contributed by atoms with van der Waals surface area (Å²) in [5.74, 6) is 0. The van der Waals surface area contributed by atoms with Crippen LogP contribution in [0.1, 0.15) is 43.7 Å². The van der Waals surface area contributed by atoms with Crippen molar-refractivity contribution in [3.8, 4) is 11.3 Å². The van der Waals surface area contributed by atoms with E-state index in [9.17, 15) is 15.0 Å². The van der Waals surface area contributed by atoms with E-state index in [2.05, 4.69) is 10.3 Å². The second-order valence-electron chi connectivity index (χ2n) is 7.31. The minimum absolute atomic E-state index is 0.197. The number of anilines is 1. The summed E-state index contributed by atoms with van der Waals surface area (Å²) in [7, 11) is 0. The largest absolute Gasteiger partial charge is 0.444 e. The highest BCUT2D eigenvalue weighted by molar-refractivity contribution is 7.15. The van der Waals surface area contributed by atoms with Crippen molar-refractivity contribution in [2.24, 2.45) is 0 Å². The number of nitrogen functional groups attached to an aromatic ring is 1. The number of ether oxygens (including phenoxy) is 1. The first-order chi connectivity index (χ1) is 12.6. The highest BCUT2D eigenvalue weighted by atomic mass is 32.1. The van der Waals surface area contributed by atoms with Crippen molar-refractivity contribution in [1.29, 1.82) is 0 Å². The van der Waals surface area contributed by atoms with Gasteiger partial charge in [-0.05, 0) is 39.7 Å². The van der Waals surface area contributed by atoms with E-state index in [-0.39, 0.29) is 13.0 Å². The summed E-state index contributed by atoms with van der Waals surface area (Å²) < 4.78 is 5.12. The second kappa shape index (κ2) is 8.69. The van der Waals surface area contributed by atoms with Gasteiger partial charge in [0.1, 0.15) is 11.7 Å². The number of alkyl carbamates (subject to hydrolysis) is 1. The number of hydrogen-bond donors (Lipinski definition) is 4. The molecular weight excluding hydrogens is 366 g/mol. The zero-order valence-electron chi connectivity index (χ0n) is 16.0. The number of nitrogens with one attached hydrogen (secondary N) is 1. The third kappa shape index (κ3) is 6.20. The van der Waals surface area contributed by atoms with Crippen LogP contribution >= 0.6 is 11.3 Å². The van der Waals surface area contributed by atoms with Crippen molar-refractivity contribution in [2.75, 3.05) is 12.3 Å². The summed E-state index contributed by atoms with van der Waals surface area (Å²) in [5.41, 5.74) is 7.46. The number of aliphatic hydroxyl groups excluding tert-OH is 2. The van der Waals surface area contributed by atoms with Gasteiger partial charge in [0.2, 0.25) is 0 Å². The van der Waals surface area contributed by atoms with Gasteiger partial charge in [0.05, 0.1) is 11.8 Å². The molecule has 5 N–H and O–H groups in total. The van der Waals surface area contributed by atoms with Crippen molar-refractivity contribution in [1.82, 2.24) is 10.3 Å². The number of nitrogens with zero attached hydrogens (tertiary/aromatic N) is 1. The van der Waals surface area contributed by atoms with E-state index in [1.165, 1.54) is 11.3 Å². The molecule has 8 heteroatoms. The van der Waals surface area contributed by atoms with E-state index in [0.29, 0.717) is 10.7 Å². The number of amides is 1. The van der Waals surface area contributed by atoms with E-state index < -0.39 is 23.9 Å². The minimum Gasteiger partial charge on any atom is -0.444 e. The number of rotatable bonds is 6. The van der Waals surface area contributed by atoms with Gasteiger partial charge in [-0.2, -0.15) is 0 Å². The van der Waals surface area contributed by atoms with Crippen LogP contribution in [-0.2, 0) is 4.74 Å². The molecule has 7 nitrogen and oxygen atoms in total. The fraction of sp³-hybridized carbons (Fsp3) is 0.474. The standard InChI is InChI=1S/C19H27N3O4S/c1-11-15(22-17(20)27-11)12-5-7-13(8-6-12)16(24)14(23)9-10-21-18(25)26-19(2,3)4/h5-8,14,16,23-24H,9-10H2,1-4H3,(H2,20,22)(H,21,25). The Balaban J connectivity index is 1.90. The second-order valence-corrected chi connectivity index (χ2v) is 8.54. The number of nitrogens with two attached hydrogens (primary N) is 1. The lowest BCUT2D eigenvalue weighted by Crippen LogP contribution is -2.34. The number of carbonyl (C=O) groups is 1. The van der Waals surface area contributed by atoms with Crippen LogP contribution in [-0.4, -0.2) is 39.5 Å². The summed E-state index contributed by atoms with van der Waals surface area (Å²) >= 11 is 1.43. The van der Waals surface area contributed by atoms with E-state index in [0.717, 1.165) is 16.1 Å². The molecule has 2 atom stereocenters. The van der Waals surface area contributed by atoms with Gasteiger partial charge >= 0.3 is 6.09 Å². The Morgan fingerprint density at radius 2 is 1.93 bits per heavy atom. The molecule has 0 aliphatic heterocycles. The molecule has 1 aromatic carbocycles. The predicted molar refractivity (Wildman–Crippen MR) is 107 cm³/mol. The molecule has 0 aliphatic carbocycles. The van der Waals surface area contributed by atoms with Gasteiger partial charge in [-0.1, -0.05) is 24.3 Å². The number of thiazole rings is 1. The fourth-order valence-corrected chi connectivity index (χ4v) is 3.25. The first-order valence-corrected chi connectivity index (χ1v) is 9.54. The molecule has 0 aliphatic rings. The van der Waals surface area contributed by atoms with Gasteiger partial charge in [-0.15, -0.1) is 11.3 Å². The monoisotopic (exact) mass is 393 g/mol. The summed E-state index contributed by atoms with van der Waals surface area (Å²) in [5, 5.41) is 23.6. The van der Waals surface area contributed by atoms with E-state index >= 15 is 0 Å². The molecule has 2 aromatic rings. The Kier molecular flexibility index (Phi) is 6.80. The maximum absolute atomic E-state index is 11.6. The highest BCUT2D eigenvalue weighted by Crippen LogP contribution is 2.30. The smallest absolute Gasteiger partial charge is 0.407 e. The molecule has 0 saturated heterocycles. The first-order valence-electron chi connectivity index (χ1n) is 8.73. The molecule has 0 saturated carbocycles. The molecular formula is C19H27N3O4S. The Bertz CT molecular complexity index is 768. The maximum Gasteiger partial charge on any atom is 0.407 e. The van der Waals surface area contributed by atoms with Crippen LogP contribution in [0.4, 0.5) is 9.93 Å². The molecule has 1 aromatic heterocycles. The van der Waals surface area contributed by atoms with Crippen LogP contribution in [0.2, 0.25) is 0 Å². The van der Waals surface area contributed by atoms with Gasteiger partial charge in [0, 0.05) is 17.0 Å². The lowest BCUT2D eigenvalue weighted by molar-refractivity contribution is 0.0123. The highest BCUT2D eigenvalue weighted by Gasteiger charge is 2.20. The topological polar surface area (TPSA) is 118 Å². The summed E-state index contributed by atoms with van der Waals surface area (Å²) in [6, 6.07) is 7.18. The van der Waals surface area contributed by atoms with E-state index in [1.54, 1.807) is 32.9 Å².